The van der Waals surface area contributed by atoms with E-state index in [4.69, 9.17) is 10.5 Å². The third-order valence-electron chi connectivity index (χ3n) is 3.22. The second-order valence-electron chi connectivity index (χ2n) is 5.63. The van der Waals surface area contributed by atoms with E-state index in [-0.39, 0.29) is 18.1 Å². The highest BCUT2D eigenvalue weighted by Crippen LogP contribution is 2.20. The van der Waals surface area contributed by atoms with Crippen LogP contribution in [-0.2, 0) is 4.79 Å². The van der Waals surface area contributed by atoms with Crippen LogP contribution in [0.15, 0.2) is 24.3 Å². The van der Waals surface area contributed by atoms with Gasteiger partial charge in [0.05, 0.1) is 12.1 Å². The zero-order valence-electron chi connectivity index (χ0n) is 13.4. The quantitative estimate of drug-likeness (QED) is 0.687. The van der Waals surface area contributed by atoms with Gasteiger partial charge in [0, 0.05) is 6.42 Å². The number of hydrogen-bond acceptors (Lipinski definition) is 3. The fraction of sp³-hybridized carbons (Fsp3) is 0.588. The molecule has 0 aliphatic heterocycles. The summed E-state index contributed by atoms with van der Waals surface area (Å²) in [6, 6.07) is 7.87. The first-order valence-electron chi connectivity index (χ1n) is 7.79. The first-order chi connectivity index (χ1) is 10.0. The van der Waals surface area contributed by atoms with E-state index in [1.165, 1.54) is 0 Å². The molecule has 0 saturated carbocycles. The van der Waals surface area contributed by atoms with Crippen LogP contribution in [0.5, 0.6) is 5.75 Å². The number of hydrogen-bond donors (Lipinski definition) is 2. The summed E-state index contributed by atoms with van der Waals surface area (Å²) in [6.07, 6.45) is 3.60. The molecule has 1 rings (SSSR count). The highest BCUT2D eigenvalue weighted by molar-refractivity contribution is 5.76. The molecule has 1 aromatic carbocycles. The van der Waals surface area contributed by atoms with Gasteiger partial charge in [0.25, 0.3) is 0 Å². The van der Waals surface area contributed by atoms with Gasteiger partial charge in [0.15, 0.2) is 0 Å². The number of amides is 1. The van der Waals surface area contributed by atoms with Gasteiger partial charge in [0.2, 0.25) is 5.91 Å². The summed E-state index contributed by atoms with van der Waals surface area (Å²) in [5.41, 5.74) is 6.50. The van der Waals surface area contributed by atoms with Crippen molar-refractivity contribution < 1.29 is 9.53 Å². The maximum absolute atomic E-state index is 11.9. The van der Waals surface area contributed by atoms with Crippen molar-refractivity contribution in [2.75, 3.05) is 6.54 Å². The van der Waals surface area contributed by atoms with E-state index in [9.17, 15) is 4.79 Å². The summed E-state index contributed by atoms with van der Waals surface area (Å²) in [6.45, 7) is 6.69. The second-order valence-corrected chi connectivity index (χ2v) is 5.63. The molecule has 21 heavy (non-hydrogen) atoms. The summed E-state index contributed by atoms with van der Waals surface area (Å²) >= 11 is 0. The van der Waals surface area contributed by atoms with Crippen molar-refractivity contribution in [2.45, 2.75) is 58.6 Å². The van der Waals surface area contributed by atoms with E-state index in [1.807, 2.05) is 45.0 Å². The van der Waals surface area contributed by atoms with Crippen LogP contribution in [-0.4, -0.2) is 18.6 Å². The van der Waals surface area contributed by atoms with Crippen molar-refractivity contribution in [2.24, 2.45) is 5.73 Å². The normalized spacial score (nSPS) is 12.2. The fourth-order valence-electron chi connectivity index (χ4n) is 2.13. The minimum absolute atomic E-state index is 0.0114. The molecule has 1 atom stereocenters. The van der Waals surface area contributed by atoms with Crippen molar-refractivity contribution in [1.29, 1.82) is 0 Å². The number of rotatable bonds is 9. The SMILES string of the molecule is CC(C)Oc1cccc(C(C)NC(=O)CCCCCN)c1. The van der Waals surface area contributed by atoms with Crippen LogP contribution in [0.4, 0.5) is 0 Å². The van der Waals surface area contributed by atoms with Gasteiger partial charge in [-0.1, -0.05) is 18.6 Å². The van der Waals surface area contributed by atoms with Crippen molar-refractivity contribution >= 4 is 5.91 Å². The molecule has 0 spiro atoms. The van der Waals surface area contributed by atoms with Crippen molar-refractivity contribution in [1.82, 2.24) is 5.32 Å². The van der Waals surface area contributed by atoms with Crippen LogP contribution in [0.25, 0.3) is 0 Å². The molecule has 0 aromatic heterocycles. The molecule has 4 nitrogen and oxygen atoms in total. The average molecular weight is 292 g/mol. The fourth-order valence-corrected chi connectivity index (χ4v) is 2.13. The molecule has 0 aliphatic carbocycles. The molecule has 0 radical (unpaired) electrons. The van der Waals surface area contributed by atoms with Crippen molar-refractivity contribution in [3.8, 4) is 5.75 Å². The predicted molar refractivity (Wildman–Crippen MR) is 86.3 cm³/mol. The topological polar surface area (TPSA) is 64.3 Å². The number of ether oxygens (including phenoxy) is 1. The van der Waals surface area contributed by atoms with Gasteiger partial charge in [-0.05, 0) is 57.9 Å². The lowest BCUT2D eigenvalue weighted by atomic mass is 10.1. The average Bonchev–Trinajstić information content (AvgIpc) is 2.43. The third-order valence-corrected chi connectivity index (χ3v) is 3.22. The van der Waals surface area contributed by atoms with Gasteiger partial charge >= 0.3 is 0 Å². The largest absolute Gasteiger partial charge is 0.491 e. The Morgan fingerprint density at radius 1 is 1.24 bits per heavy atom. The molecule has 0 fully saturated rings. The molecular formula is C17H28N2O2. The summed E-state index contributed by atoms with van der Waals surface area (Å²) in [7, 11) is 0. The smallest absolute Gasteiger partial charge is 0.220 e. The Morgan fingerprint density at radius 3 is 2.67 bits per heavy atom. The summed E-state index contributed by atoms with van der Waals surface area (Å²) in [4.78, 5) is 11.9. The number of benzene rings is 1. The first kappa shape index (κ1) is 17.5. The Kier molecular flexibility index (Phi) is 7.83. The molecule has 1 unspecified atom stereocenters. The van der Waals surface area contributed by atoms with E-state index in [2.05, 4.69) is 5.32 Å². The van der Waals surface area contributed by atoms with Crippen molar-refractivity contribution in [3.63, 3.8) is 0 Å². The molecule has 118 valence electrons. The van der Waals surface area contributed by atoms with E-state index in [1.54, 1.807) is 0 Å². The Hall–Kier alpha value is -1.55. The van der Waals surface area contributed by atoms with E-state index in [0.717, 1.165) is 30.6 Å². The maximum Gasteiger partial charge on any atom is 0.220 e. The highest BCUT2D eigenvalue weighted by Gasteiger charge is 2.10. The predicted octanol–water partition coefficient (Wildman–Crippen LogP) is 3.17. The van der Waals surface area contributed by atoms with E-state index >= 15 is 0 Å². The molecule has 1 amide bonds. The Labute approximate surface area is 128 Å². The van der Waals surface area contributed by atoms with Gasteiger partial charge in [-0.2, -0.15) is 0 Å². The zero-order chi connectivity index (χ0) is 15.7. The molecule has 4 heteroatoms. The molecule has 3 N–H and O–H groups in total. The van der Waals surface area contributed by atoms with E-state index in [0.29, 0.717) is 13.0 Å². The number of carbonyl (C=O) groups excluding carboxylic acids is 1. The van der Waals surface area contributed by atoms with Crippen LogP contribution in [0.3, 0.4) is 0 Å². The molecule has 0 saturated heterocycles. The highest BCUT2D eigenvalue weighted by atomic mass is 16.5. The molecule has 0 aliphatic rings. The lowest BCUT2D eigenvalue weighted by molar-refractivity contribution is -0.121. The minimum atomic E-state index is -0.0114. The minimum Gasteiger partial charge on any atom is -0.491 e. The molecule has 0 heterocycles. The number of nitrogens with one attached hydrogen (secondary N) is 1. The van der Waals surface area contributed by atoms with Crippen LogP contribution in [0.1, 0.15) is 58.1 Å². The molecular weight excluding hydrogens is 264 g/mol. The van der Waals surface area contributed by atoms with Crippen LogP contribution < -0.4 is 15.8 Å². The van der Waals surface area contributed by atoms with Crippen molar-refractivity contribution in [3.05, 3.63) is 29.8 Å². The second kappa shape index (κ2) is 9.40. The van der Waals surface area contributed by atoms with Gasteiger partial charge in [-0.3, -0.25) is 4.79 Å². The van der Waals surface area contributed by atoms with E-state index < -0.39 is 0 Å². The Bertz CT molecular complexity index is 433. The monoisotopic (exact) mass is 292 g/mol. The number of unbranched alkanes of at least 4 members (excludes halogenated alkanes) is 2. The maximum atomic E-state index is 11.9. The van der Waals surface area contributed by atoms with Crippen LogP contribution in [0, 0.1) is 0 Å². The lowest BCUT2D eigenvalue weighted by Crippen LogP contribution is -2.26. The van der Waals surface area contributed by atoms with Gasteiger partial charge in [-0.25, -0.2) is 0 Å². The van der Waals surface area contributed by atoms with Crippen LogP contribution >= 0.6 is 0 Å². The van der Waals surface area contributed by atoms with Gasteiger partial charge < -0.3 is 15.8 Å². The molecule has 1 aromatic rings. The van der Waals surface area contributed by atoms with Gasteiger partial charge in [-0.15, -0.1) is 0 Å². The lowest BCUT2D eigenvalue weighted by Gasteiger charge is -2.16. The number of carbonyl (C=O) groups is 1. The first-order valence-corrected chi connectivity index (χ1v) is 7.79. The summed E-state index contributed by atoms with van der Waals surface area (Å²) < 4.78 is 5.68. The zero-order valence-corrected chi connectivity index (χ0v) is 13.4. The third kappa shape index (κ3) is 7.14. The number of nitrogens with two attached hydrogens (primary N) is 1. The Morgan fingerprint density at radius 2 is 2.00 bits per heavy atom. The summed E-state index contributed by atoms with van der Waals surface area (Å²) in [5.74, 6) is 0.932. The Balaban J connectivity index is 2.47. The van der Waals surface area contributed by atoms with Crippen LogP contribution in [0.2, 0.25) is 0 Å². The van der Waals surface area contributed by atoms with Gasteiger partial charge in [0.1, 0.15) is 5.75 Å². The summed E-state index contributed by atoms with van der Waals surface area (Å²) in [5, 5.41) is 3.03. The standard InChI is InChI=1S/C17H28N2O2/c1-13(2)21-16-9-7-8-15(12-16)14(3)19-17(20)10-5-4-6-11-18/h7-9,12-14H,4-6,10-11,18H2,1-3H3,(H,19,20). The molecule has 0 bridgehead atoms.